The van der Waals surface area contributed by atoms with Crippen LogP contribution in [0.15, 0.2) is 24.3 Å². The molecule has 142 valence electrons. The van der Waals surface area contributed by atoms with Crippen LogP contribution in [0, 0.1) is 5.82 Å². The molecule has 0 saturated carbocycles. The highest BCUT2D eigenvalue weighted by molar-refractivity contribution is 5.88. The monoisotopic (exact) mass is 364 g/mol. The van der Waals surface area contributed by atoms with Crippen molar-refractivity contribution in [3.8, 4) is 0 Å². The number of hydrogen-bond acceptors (Lipinski definition) is 3. The topological polar surface area (TPSA) is 90.5 Å². The molecule has 2 rings (SSSR count). The van der Waals surface area contributed by atoms with E-state index >= 15 is 0 Å². The van der Waals surface area contributed by atoms with Gasteiger partial charge in [0.15, 0.2) is 0 Å². The summed E-state index contributed by atoms with van der Waals surface area (Å²) >= 11 is 0. The Morgan fingerprint density at radius 1 is 1.19 bits per heavy atom. The van der Waals surface area contributed by atoms with Gasteiger partial charge in [0.2, 0.25) is 11.8 Å². The number of halogens is 1. The number of piperidine rings is 1. The van der Waals surface area contributed by atoms with Crippen LogP contribution in [0.25, 0.3) is 0 Å². The van der Waals surface area contributed by atoms with Gasteiger partial charge in [-0.2, -0.15) is 0 Å². The Hall–Kier alpha value is -2.64. The van der Waals surface area contributed by atoms with Gasteiger partial charge in [0.25, 0.3) is 0 Å². The fraction of sp³-hybridized carbons (Fsp3) is 0.500. The van der Waals surface area contributed by atoms with E-state index in [1.54, 1.807) is 11.8 Å². The lowest BCUT2D eigenvalue weighted by Crippen LogP contribution is -2.55. The number of benzene rings is 1. The molecule has 0 spiro atoms. The highest BCUT2D eigenvalue weighted by Gasteiger charge is 2.27. The third-order valence-electron chi connectivity index (χ3n) is 4.40. The zero-order chi connectivity index (χ0) is 19.1. The lowest BCUT2D eigenvalue weighted by molar-refractivity contribution is -0.136. The summed E-state index contributed by atoms with van der Waals surface area (Å²) in [4.78, 5) is 37.9. The molecule has 1 aromatic carbocycles. The first-order valence-corrected chi connectivity index (χ1v) is 8.77. The molecule has 26 heavy (non-hydrogen) atoms. The number of amides is 4. The summed E-state index contributed by atoms with van der Waals surface area (Å²) in [6.07, 6.45) is 3.03. The largest absolute Gasteiger partial charge is 0.338 e. The smallest absolute Gasteiger partial charge is 0.334 e. The summed E-state index contributed by atoms with van der Waals surface area (Å²) < 4.78 is 12.8. The van der Waals surface area contributed by atoms with E-state index in [1.807, 2.05) is 6.92 Å². The molecule has 2 unspecified atom stereocenters. The highest BCUT2D eigenvalue weighted by atomic mass is 19.1. The molecule has 1 fully saturated rings. The molecule has 1 aromatic rings. The number of hydrogen-bond donors (Lipinski definition) is 3. The average Bonchev–Trinajstić information content (AvgIpc) is 2.62. The van der Waals surface area contributed by atoms with E-state index in [2.05, 4.69) is 16.2 Å². The van der Waals surface area contributed by atoms with Crippen LogP contribution in [0.3, 0.4) is 0 Å². The average molecular weight is 364 g/mol. The molecule has 4 amide bonds. The fourth-order valence-electron chi connectivity index (χ4n) is 2.93. The van der Waals surface area contributed by atoms with Gasteiger partial charge in [-0.15, -0.1) is 0 Å². The van der Waals surface area contributed by atoms with Crippen molar-refractivity contribution in [2.75, 3.05) is 6.54 Å². The molecule has 8 heteroatoms. The van der Waals surface area contributed by atoms with Gasteiger partial charge in [0, 0.05) is 12.6 Å². The van der Waals surface area contributed by atoms with E-state index in [0.29, 0.717) is 12.1 Å². The van der Waals surface area contributed by atoms with Crippen molar-refractivity contribution in [1.82, 2.24) is 21.1 Å². The van der Waals surface area contributed by atoms with Crippen molar-refractivity contribution in [3.05, 3.63) is 35.6 Å². The van der Waals surface area contributed by atoms with Crippen LogP contribution in [0.2, 0.25) is 0 Å². The Balaban J connectivity index is 1.74. The van der Waals surface area contributed by atoms with Crippen LogP contribution in [-0.4, -0.2) is 41.4 Å². The number of nitrogens with one attached hydrogen (secondary N) is 3. The van der Waals surface area contributed by atoms with Crippen molar-refractivity contribution in [2.24, 2.45) is 0 Å². The number of nitrogens with zero attached hydrogens (tertiary/aromatic N) is 1. The molecule has 0 aliphatic carbocycles. The maximum atomic E-state index is 12.8. The second kappa shape index (κ2) is 9.17. The SMILES string of the molecule is CC(NC(=O)NNC(=O)Cc1ccc(F)cc1)C(=O)N1CCCCC1C. The maximum Gasteiger partial charge on any atom is 0.334 e. The molecule has 1 heterocycles. The van der Waals surface area contributed by atoms with Crippen molar-refractivity contribution in [3.63, 3.8) is 0 Å². The maximum absolute atomic E-state index is 12.8. The van der Waals surface area contributed by atoms with Gasteiger partial charge in [0.1, 0.15) is 11.9 Å². The zero-order valence-electron chi connectivity index (χ0n) is 15.0. The van der Waals surface area contributed by atoms with Crippen LogP contribution in [-0.2, 0) is 16.0 Å². The second-order valence-corrected chi connectivity index (χ2v) is 6.55. The normalized spacial score (nSPS) is 18.0. The summed E-state index contributed by atoms with van der Waals surface area (Å²) in [6.45, 7) is 4.31. The van der Waals surface area contributed by atoms with Gasteiger partial charge in [-0.3, -0.25) is 15.0 Å². The molecular weight excluding hydrogens is 339 g/mol. The second-order valence-electron chi connectivity index (χ2n) is 6.55. The molecule has 3 N–H and O–H groups in total. The summed E-state index contributed by atoms with van der Waals surface area (Å²) in [5, 5.41) is 2.52. The Morgan fingerprint density at radius 3 is 2.54 bits per heavy atom. The Kier molecular flexibility index (Phi) is 6.94. The summed E-state index contributed by atoms with van der Waals surface area (Å²) in [7, 11) is 0. The van der Waals surface area contributed by atoms with Gasteiger partial charge >= 0.3 is 6.03 Å². The van der Waals surface area contributed by atoms with Crippen molar-refractivity contribution >= 4 is 17.8 Å². The molecule has 0 radical (unpaired) electrons. The van der Waals surface area contributed by atoms with E-state index in [4.69, 9.17) is 0 Å². The molecule has 7 nitrogen and oxygen atoms in total. The van der Waals surface area contributed by atoms with Crippen LogP contribution in [0.1, 0.15) is 38.7 Å². The van der Waals surface area contributed by atoms with Gasteiger partial charge in [-0.1, -0.05) is 12.1 Å². The predicted molar refractivity (Wildman–Crippen MR) is 94.4 cm³/mol. The Labute approximate surface area is 152 Å². The molecule has 0 aromatic heterocycles. The van der Waals surface area contributed by atoms with E-state index in [9.17, 15) is 18.8 Å². The minimum absolute atomic E-state index is 0.000334. The lowest BCUT2D eigenvalue weighted by atomic mass is 10.0. The Bertz CT molecular complexity index is 650. The number of carbonyl (C=O) groups is 3. The van der Waals surface area contributed by atoms with Crippen molar-refractivity contribution < 1.29 is 18.8 Å². The summed E-state index contributed by atoms with van der Waals surface area (Å²) in [6, 6.07) is 4.33. The van der Waals surface area contributed by atoms with Crippen molar-refractivity contribution in [1.29, 1.82) is 0 Å². The minimum Gasteiger partial charge on any atom is -0.338 e. The first-order valence-electron chi connectivity index (χ1n) is 8.77. The molecule has 1 aliphatic rings. The number of carbonyl (C=O) groups excluding carboxylic acids is 3. The first kappa shape index (κ1) is 19.7. The van der Waals surface area contributed by atoms with Gasteiger partial charge in [0.05, 0.1) is 6.42 Å². The minimum atomic E-state index is -0.690. The third-order valence-corrected chi connectivity index (χ3v) is 4.40. The Morgan fingerprint density at radius 2 is 1.88 bits per heavy atom. The molecule has 0 bridgehead atoms. The van der Waals surface area contributed by atoms with E-state index in [1.165, 1.54) is 24.3 Å². The fourth-order valence-corrected chi connectivity index (χ4v) is 2.93. The van der Waals surface area contributed by atoms with Crippen molar-refractivity contribution in [2.45, 2.75) is 51.6 Å². The van der Waals surface area contributed by atoms with Gasteiger partial charge < -0.3 is 10.2 Å². The first-order chi connectivity index (χ1) is 12.4. The molecule has 2 atom stereocenters. The number of urea groups is 1. The number of likely N-dealkylation sites (tertiary alicyclic amines) is 1. The summed E-state index contributed by atoms with van der Waals surface area (Å²) in [5.74, 6) is -0.964. The quantitative estimate of drug-likeness (QED) is 0.707. The van der Waals surface area contributed by atoms with Crippen LogP contribution >= 0.6 is 0 Å². The molecular formula is C18H25FN4O3. The third kappa shape index (κ3) is 5.72. The van der Waals surface area contributed by atoms with E-state index < -0.39 is 18.0 Å². The van der Waals surface area contributed by atoms with Crippen LogP contribution in [0.4, 0.5) is 9.18 Å². The van der Waals surface area contributed by atoms with Crippen LogP contribution in [0.5, 0.6) is 0 Å². The highest BCUT2D eigenvalue weighted by Crippen LogP contribution is 2.17. The van der Waals surface area contributed by atoms with Gasteiger partial charge in [-0.25, -0.2) is 14.6 Å². The van der Waals surface area contributed by atoms with Gasteiger partial charge in [-0.05, 0) is 50.8 Å². The zero-order valence-corrected chi connectivity index (χ0v) is 15.0. The molecule has 1 saturated heterocycles. The number of rotatable bonds is 4. The van der Waals surface area contributed by atoms with Crippen LogP contribution < -0.4 is 16.2 Å². The molecule has 1 aliphatic heterocycles. The van der Waals surface area contributed by atoms with E-state index in [-0.39, 0.29) is 24.2 Å². The van der Waals surface area contributed by atoms with E-state index in [0.717, 1.165) is 19.3 Å². The predicted octanol–water partition coefficient (Wildman–Crippen LogP) is 1.49. The number of hydrazine groups is 1. The lowest BCUT2D eigenvalue weighted by Gasteiger charge is -2.35. The summed E-state index contributed by atoms with van der Waals surface area (Å²) in [5.41, 5.74) is 5.10. The standard InChI is InChI=1S/C18H25FN4O3/c1-12-5-3-4-10-23(12)17(25)13(2)20-18(26)22-21-16(24)11-14-6-8-15(19)9-7-14/h6-9,12-13H,3-5,10-11H2,1-2H3,(H,21,24)(H2,20,22,26).